The summed E-state index contributed by atoms with van der Waals surface area (Å²) in [6.45, 7) is 6.30. The van der Waals surface area contributed by atoms with E-state index in [0.29, 0.717) is 31.1 Å². The molecule has 0 aliphatic carbocycles. The van der Waals surface area contributed by atoms with Gasteiger partial charge in [-0.1, -0.05) is 36.7 Å². The van der Waals surface area contributed by atoms with Crippen LogP contribution in [0.2, 0.25) is 5.02 Å². The lowest BCUT2D eigenvalue weighted by molar-refractivity contribution is 0.385. The van der Waals surface area contributed by atoms with Crippen LogP contribution in [-0.4, -0.2) is 38.9 Å². The van der Waals surface area contributed by atoms with Crippen molar-refractivity contribution < 1.29 is 8.42 Å². The number of benzene rings is 2. The number of sulfonamides is 1. The van der Waals surface area contributed by atoms with Crippen molar-refractivity contribution >= 4 is 27.3 Å². The third kappa shape index (κ3) is 3.84. The van der Waals surface area contributed by atoms with Crippen molar-refractivity contribution in [2.24, 2.45) is 0 Å². The third-order valence-electron chi connectivity index (χ3n) is 4.73. The zero-order valence-electron chi connectivity index (χ0n) is 14.6. The van der Waals surface area contributed by atoms with E-state index in [0.717, 1.165) is 28.3 Å². The summed E-state index contributed by atoms with van der Waals surface area (Å²) >= 11 is 6.21. The van der Waals surface area contributed by atoms with Crippen LogP contribution in [0.25, 0.3) is 0 Å². The third-order valence-corrected chi connectivity index (χ3v) is 7.05. The van der Waals surface area contributed by atoms with E-state index in [1.54, 1.807) is 16.4 Å². The summed E-state index contributed by atoms with van der Waals surface area (Å²) in [6, 6.07) is 13.2. The number of aryl methyl sites for hydroxylation is 2. The van der Waals surface area contributed by atoms with Crippen LogP contribution in [0.15, 0.2) is 47.4 Å². The average Bonchev–Trinajstić information content (AvgIpc) is 2.64. The van der Waals surface area contributed by atoms with Gasteiger partial charge in [0.25, 0.3) is 0 Å². The largest absolute Gasteiger partial charge is 0.369 e. The first-order chi connectivity index (χ1) is 11.9. The standard InChI is InChI=1S/C19H23ClN2O2S/c1-3-16-5-8-18(9-6-16)25(23,24)22-12-10-21(11-13-22)17-7-4-15(2)19(20)14-17/h4-9,14H,3,10-13H2,1-2H3. The zero-order chi connectivity index (χ0) is 18.0. The van der Waals surface area contributed by atoms with Gasteiger partial charge in [-0.15, -0.1) is 0 Å². The van der Waals surface area contributed by atoms with Crippen molar-refractivity contribution in [2.75, 3.05) is 31.1 Å². The molecule has 4 nitrogen and oxygen atoms in total. The summed E-state index contributed by atoms with van der Waals surface area (Å²) in [4.78, 5) is 2.55. The summed E-state index contributed by atoms with van der Waals surface area (Å²) < 4.78 is 27.2. The highest BCUT2D eigenvalue weighted by molar-refractivity contribution is 7.89. The minimum atomic E-state index is -3.43. The minimum Gasteiger partial charge on any atom is -0.369 e. The first-order valence-electron chi connectivity index (χ1n) is 8.52. The molecular formula is C19H23ClN2O2S. The Balaban J connectivity index is 1.71. The van der Waals surface area contributed by atoms with Gasteiger partial charge < -0.3 is 4.90 Å². The SMILES string of the molecule is CCc1ccc(S(=O)(=O)N2CCN(c3ccc(C)c(Cl)c3)CC2)cc1. The lowest BCUT2D eigenvalue weighted by Crippen LogP contribution is -2.48. The highest BCUT2D eigenvalue weighted by Gasteiger charge is 2.28. The van der Waals surface area contributed by atoms with Crippen molar-refractivity contribution in [1.82, 2.24) is 4.31 Å². The maximum absolute atomic E-state index is 12.8. The van der Waals surface area contributed by atoms with Gasteiger partial charge in [0.1, 0.15) is 0 Å². The van der Waals surface area contributed by atoms with Crippen LogP contribution >= 0.6 is 11.6 Å². The molecule has 0 bridgehead atoms. The van der Waals surface area contributed by atoms with Gasteiger partial charge in [-0.2, -0.15) is 4.31 Å². The van der Waals surface area contributed by atoms with Crippen LogP contribution < -0.4 is 4.90 Å². The van der Waals surface area contributed by atoms with E-state index >= 15 is 0 Å². The molecule has 0 unspecified atom stereocenters. The van der Waals surface area contributed by atoms with Crippen molar-refractivity contribution in [1.29, 1.82) is 0 Å². The Kier molecular flexibility index (Phi) is 5.37. The Morgan fingerprint density at radius 1 is 1.00 bits per heavy atom. The number of hydrogen-bond acceptors (Lipinski definition) is 3. The molecule has 1 heterocycles. The number of anilines is 1. The Morgan fingerprint density at radius 3 is 2.20 bits per heavy atom. The molecule has 2 aromatic rings. The summed E-state index contributed by atoms with van der Waals surface area (Å²) in [5, 5.41) is 0.739. The lowest BCUT2D eigenvalue weighted by atomic mass is 10.2. The van der Waals surface area contributed by atoms with Gasteiger partial charge in [-0.3, -0.25) is 0 Å². The Labute approximate surface area is 155 Å². The molecule has 0 amide bonds. The highest BCUT2D eigenvalue weighted by atomic mass is 35.5. The van der Waals surface area contributed by atoms with E-state index in [4.69, 9.17) is 11.6 Å². The van der Waals surface area contributed by atoms with Crippen molar-refractivity contribution in [3.05, 3.63) is 58.6 Å². The average molecular weight is 379 g/mol. The van der Waals surface area contributed by atoms with E-state index < -0.39 is 10.0 Å². The molecule has 6 heteroatoms. The van der Waals surface area contributed by atoms with Crippen LogP contribution in [0.5, 0.6) is 0 Å². The summed E-state index contributed by atoms with van der Waals surface area (Å²) in [7, 11) is -3.43. The molecule has 3 rings (SSSR count). The number of piperazine rings is 1. The molecule has 0 aromatic heterocycles. The molecule has 0 spiro atoms. The fourth-order valence-electron chi connectivity index (χ4n) is 3.01. The molecular weight excluding hydrogens is 356 g/mol. The highest BCUT2D eigenvalue weighted by Crippen LogP contribution is 2.25. The molecule has 0 N–H and O–H groups in total. The molecule has 1 fully saturated rings. The van der Waals surface area contributed by atoms with Crippen molar-refractivity contribution in [3.63, 3.8) is 0 Å². The molecule has 134 valence electrons. The zero-order valence-corrected chi connectivity index (χ0v) is 16.1. The molecule has 1 aliphatic rings. The van der Waals surface area contributed by atoms with Gasteiger partial charge in [-0.05, 0) is 48.7 Å². The van der Waals surface area contributed by atoms with E-state index in [-0.39, 0.29) is 0 Å². The monoisotopic (exact) mass is 378 g/mol. The fraction of sp³-hybridized carbons (Fsp3) is 0.368. The maximum Gasteiger partial charge on any atom is 0.243 e. The Bertz CT molecular complexity index is 842. The Morgan fingerprint density at radius 2 is 1.64 bits per heavy atom. The molecule has 0 radical (unpaired) electrons. The number of nitrogens with zero attached hydrogens (tertiary/aromatic N) is 2. The number of hydrogen-bond donors (Lipinski definition) is 0. The molecule has 0 saturated carbocycles. The van der Waals surface area contributed by atoms with Gasteiger partial charge in [0, 0.05) is 36.9 Å². The van der Waals surface area contributed by atoms with Gasteiger partial charge in [0.15, 0.2) is 0 Å². The molecule has 0 atom stereocenters. The van der Waals surface area contributed by atoms with Crippen LogP contribution in [0, 0.1) is 6.92 Å². The summed E-state index contributed by atoms with van der Waals surface area (Å²) in [6.07, 6.45) is 0.901. The first-order valence-corrected chi connectivity index (χ1v) is 10.3. The van der Waals surface area contributed by atoms with Crippen molar-refractivity contribution in [2.45, 2.75) is 25.2 Å². The first kappa shape index (κ1) is 18.2. The number of rotatable bonds is 4. The number of halogens is 1. The predicted molar refractivity (Wildman–Crippen MR) is 103 cm³/mol. The second-order valence-corrected chi connectivity index (χ2v) is 8.67. The van der Waals surface area contributed by atoms with Crippen LogP contribution in [0.3, 0.4) is 0 Å². The smallest absolute Gasteiger partial charge is 0.243 e. The second-order valence-electron chi connectivity index (χ2n) is 6.32. The quantitative estimate of drug-likeness (QED) is 0.814. The van der Waals surface area contributed by atoms with Gasteiger partial charge in [-0.25, -0.2) is 8.42 Å². The predicted octanol–water partition coefficient (Wildman–Crippen LogP) is 3.72. The summed E-state index contributed by atoms with van der Waals surface area (Å²) in [5.41, 5.74) is 3.22. The van der Waals surface area contributed by atoms with E-state index in [1.807, 2.05) is 37.3 Å². The normalized spacial score (nSPS) is 16.2. The lowest BCUT2D eigenvalue weighted by Gasteiger charge is -2.35. The molecule has 1 aliphatic heterocycles. The van der Waals surface area contributed by atoms with Crippen LogP contribution in [-0.2, 0) is 16.4 Å². The molecule has 2 aromatic carbocycles. The fourth-order valence-corrected chi connectivity index (χ4v) is 4.61. The van der Waals surface area contributed by atoms with Crippen LogP contribution in [0.1, 0.15) is 18.1 Å². The molecule has 1 saturated heterocycles. The molecule has 25 heavy (non-hydrogen) atoms. The maximum atomic E-state index is 12.8. The van der Waals surface area contributed by atoms with Gasteiger partial charge in [0.2, 0.25) is 10.0 Å². The van der Waals surface area contributed by atoms with E-state index in [1.165, 1.54) is 0 Å². The van der Waals surface area contributed by atoms with Gasteiger partial charge >= 0.3 is 0 Å². The Hall–Kier alpha value is -1.56. The second kappa shape index (κ2) is 7.36. The topological polar surface area (TPSA) is 40.6 Å². The minimum absolute atomic E-state index is 0.372. The van der Waals surface area contributed by atoms with Crippen LogP contribution in [0.4, 0.5) is 5.69 Å². The van der Waals surface area contributed by atoms with E-state index in [2.05, 4.69) is 11.8 Å². The summed E-state index contributed by atoms with van der Waals surface area (Å²) in [5.74, 6) is 0. The van der Waals surface area contributed by atoms with Crippen molar-refractivity contribution in [3.8, 4) is 0 Å². The van der Waals surface area contributed by atoms with E-state index in [9.17, 15) is 8.42 Å². The van der Waals surface area contributed by atoms with Gasteiger partial charge in [0.05, 0.1) is 4.90 Å².